The fraction of sp³-hybridized carbons (Fsp3) is 0.900. The number of hydrogen-bond acceptors (Lipinski definition) is 6. The van der Waals surface area contributed by atoms with Crippen molar-refractivity contribution in [1.29, 1.82) is 0 Å². The Balaban J connectivity index is 1.45. The molecule has 0 saturated heterocycles. The van der Waals surface area contributed by atoms with E-state index < -0.39 is 21.2 Å². The molecule has 0 heterocycles. The topological polar surface area (TPSA) is 86.7 Å². The molecule has 0 aromatic carbocycles. The molecule has 4 saturated carbocycles. The maximum absolute atomic E-state index is 12.5. The maximum atomic E-state index is 12.5. The zero-order chi connectivity index (χ0) is 19.9. The van der Waals surface area contributed by atoms with Gasteiger partial charge >= 0.3 is 10.4 Å². The van der Waals surface area contributed by atoms with Crippen molar-refractivity contribution in [2.24, 2.45) is 33.5 Å². The van der Waals surface area contributed by atoms with Crippen LogP contribution in [0.2, 0.25) is 0 Å². The molecule has 0 spiro atoms. The van der Waals surface area contributed by atoms with Gasteiger partial charge in [-0.3, -0.25) is 9.59 Å². The predicted octanol–water partition coefficient (Wildman–Crippen LogP) is 3.06. The first-order valence-electron chi connectivity index (χ1n) is 9.98. The van der Waals surface area contributed by atoms with Crippen molar-refractivity contribution >= 4 is 22.0 Å². The van der Waals surface area contributed by atoms with Gasteiger partial charge in [-0.1, -0.05) is 27.7 Å². The summed E-state index contributed by atoms with van der Waals surface area (Å²) in [6.45, 7) is 7.80. The molecule has 4 fully saturated rings. The van der Waals surface area contributed by atoms with Crippen molar-refractivity contribution in [1.82, 2.24) is 0 Å². The Kier molecular flexibility index (Phi) is 4.07. The number of carbonyl (C=O) groups excluding carboxylic acids is 2. The smallest absolute Gasteiger partial charge is 0.299 e. The summed E-state index contributed by atoms with van der Waals surface area (Å²) in [7, 11) is -4.27. The van der Waals surface area contributed by atoms with E-state index in [0.29, 0.717) is 37.5 Å². The van der Waals surface area contributed by atoms with Gasteiger partial charge < -0.3 is 0 Å². The number of fused-ring (bicyclic) bond motifs is 4. The lowest BCUT2D eigenvalue weighted by atomic mass is 9.69. The lowest BCUT2D eigenvalue weighted by Crippen LogP contribution is -2.43. The second-order valence-electron chi connectivity index (χ2n) is 10.3. The summed E-state index contributed by atoms with van der Waals surface area (Å²) in [5, 5.41) is 0. The Bertz CT molecular complexity index is 737. The van der Waals surface area contributed by atoms with Crippen LogP contribution >= 0.6 is 0 Å². The van der Waals surface area contributed by atoms with Crippen molar-refractivity contribution in [3.8, 4) is 0 Å². The summed E-state index contributed by atoms with van der Waals surface area (Å²) in [6, 6.07) is 0. The van der Waals surface area contributed by atoms with Crippen LogP contribution in [-0.2, 0) is 28.4 Å². The molecule has 27 heavy (non-hydrogen) atoms. The molecule has 152 valence electrons. The summed E-state index contributed by atoms with van der Waals surface area (Å²) in [6.07, 6.45) is 4.19. The highest BCUT2D eigenvalue weighted by molar-refractivity contribution is 7.81. The van der Waals surface area contributed by atoms with Crippen LogP contribution in [0, 0.1) is 33.5 Å². The monoisotopic (exact) mass is 398 g/mol. The van der Waals surface area contributed by atoms with Gasteiger partial charge in [0.25, 0.3) is 0 Å². The Labute approximate surface area is 161 Å². The van der Waals surface area contributed by atoms with E-state index in [9.17, 15) is 18.0 Å². The minimum Gasteiger partial charge on any atom is -0.299 e. The molecular formula is C20H30O6S. The van der Waals surface area contributed by atoms with Gasteiger partial charge in [-0.2, -0.15) is 8.42 Å². The molecule has 4 rings (SSSR count). The van der Waals surface area contributed by atoms with Crippen LogP contribution in [0.15, 0.2) is 0 Å². The summed E-state index contributed by atoms with van der Waals surface area (Å²) in [5.74, 6) is 0.790. The van der Waals surface area contributed by atoms with Crippen LogP contribution in [0.5, 0.6) is 0 Å². The summed E-state index contributed by atoms with van der Waals surface area (Å²) < 4.78 is 35.4. The van der Waals surface area contributed by atoms with E-state index in [0.717, 1.165) is 12.8 Å². The first kappa shape index (κ1) is 19.5. The second-order valence-corrected chi connectivity index (χ2v) is 11.6. The Morgan fingerprint density at radius 2 is 1.19 bits per heavy atom. The molecule has 4 aliphatic rings. The highest BCUT2D eigenvalue weighted by atomic mass is 32.3. The molecule has 0 aromatic heterocycles. The van der Waals surface area contributed by atoms with Crippen LogP contribution in [0.25, 0.3) is 0 Å². The second kappa shape index (κ2) is 5.63. The van der Waals surface area contributed by atoms with Crippen molar-refractivity contribution < 1.29 is 26.4 Å². The highest BCUT2D eigenvalue weighted by Gasteiger charge is 2.66. The lowest BCUT2D eigenvalue weighted by molar-refractivity contribution is -0.131. The van der Waals surface area contributed by atoms with Gasteiger partial charge in [-0.25, -0.2) is 8.37 Å². The van der Waals surface area contributed by atoms with Crippen LogP contribution in [-0.4, -0.2) is 33.2 Å². The highest BCUT2D eigenvalue weighted by Crippen LogP contribution is 2.65. The molecule has 6 nitrogen and oxygen atoms in total. The quantitative estimate of drug-likeness (QED) is 0.683. The van der Waals surface area contributed by atoms with Crippen LogP contribution in [0.3, 0.4) is 0 Å². The molecule has 0 radical (unpaired) electrons. The van der Waals surface area contributed by atoms with E-state index in [2.05, 4.69) is 0 Å². The van der Waals surface area contributed by atoms with Crippen molar-refractivity contribution in [2.45, 2.75) is 66.2 Å². The van der Waals surface area contributed by atoms with E-state index >= 15 is 0 Å². The normalized spacial score (nSPS) is 41.6. The largest absolute Gasteiger partial charge is 0.399 e. The zero-order valence-corrected chi connectivity index (χ0v) is 17.5. The summed E-state index contributed by atoms with van der Waals surface area (Å²) >= 11 is 0. The maximum Gasteiger partial charge on any atom is 0.399 e. The van der Waals surface area contributed by atoms with E-state index in [1.807, 2.05) is 27.7 Å². The zero-order valence-electron chi connectivity index (χ0n) is 16.7. The minimum atomic E-state index is -4.27. The lowest BCUT2D eigenvalue weighted by Gasteiger charge is -2.37. The molecular weight excluding hydrogens is 368 g/mol. The van der Waals surface area contributed by atoms with E-state index in [1.165, 1.54) is 0 Å². The van der Waals surface area contributed by atoms with Gasteiger partial charge in [-0.15, -0.1) is 0 Å². The van der Waals surface area contributed by atoms with Gasteiger partial charge in [-0.05, 0) is 48.3 Å². The SMILES string of the molecule is CC1(C)C2CCC1(COS(=O)(=O)OCC13CCC(CC1=O)C3(C)C)C(=O)C2. The average molecular weight is 399 g/mol. The molecule has 0 aliphatic heterocycles. The molecule has 0 N–H and O–H groups in total. The fourth-order valence-corrected chi connectivity index (χ4v) is 7.35. The third-order valence-corrected chi connectivity index (χ3v) is 9.99. The van der Waals surface area contributed by atoms with Crippen molar-refractivity contribution in [2.75, 3.05) is 13.2 Å². The molecule has 7 heteroatoms. The Morgan fingerprint density at radius 3 is 1.44 bits per heavy atom. The predicted molar refractivity (Wildman–Crippen MR) is 97.9 cm³/mol. The number of hydrogen-bond donors (Lipinski definition) is 0. The Morgan fingerprint density at radius 1 is 0.815 bits per heavy atom. The van der Waals surface area contributed by atoms with Crippen LogP contribution in [0.1, 0.15) is 66.2 Å². The molecule has 4 bridgehead atoms. The third kappa shape index (κ3) is 2.40. The molecule has 4 unspecified atom stereocenters. The Hall–Kier alpha value is -0.790. The first-order valence-corrected chi connectivity index (χ1v) is 11.3. The van der Waals surface area contributed by atoms with E-state index in [1.54, 1.807) is 0 Å². The molecule has 0 aromatic rings. The van der Waals surface area contributed by atoms with Gasteiger partial charge in [0.2, 0.25) is 0 Å². The van der Waals surface area contributed by atoms with Gasteiger partial charge in [0.15, 0.2) is 0 Å². The van der Waals surface area contributed by atoms with E-state index in [4.69, 9.17) is 8.37 Å². The summed E-state index contributed by atoms with van der Waals surface area (Å²) in [4.78, 5) is 25.1. The minimum absolute atomic E-state index is 0.100. The van der Waals surface area contributed by atoms with Gasteiger partial charge in [0.05, 0.1) is 24.0 Å². The van der Waals surface area contributed by atoms with Crippen molar-refractivity contribution in [3.05, 3.63) is 0 Å². The first-order chi connectivity index (χ1) is 12.4. The molecule has 0 amide bonds. The standard InChI is InChI=1S/C20H30O6S/c1-17(2)13-5-7-19(17,15(21)9-13)11-25-27(23,24)26-12-20-8-6-14(10-16(20)22)18(20,3)4/h13-14H,5-12H2,1-4H3. The summed E-state index contributed by atoms with van der Waals surface area (Å²) in [5.41, 5.74) is -2.01. The molecule has 4 aliphatic carbocycles. The number of ketones is 2. The average Bonchev–Trinajstić information content (AvgIpc) is 3.11. The number of rotatable bonds is 6. The van der Waals surface area contributed by atoms with Gasteiger partial charge in [0.1, 0.15) is 11.6 Å². The van der Waals surface area contributed by atoms with Crippen molar-refractivity contribution in [3.63, 3.8) is 0 Å². The number of carbonyl (C=O) groups is 2. The number of Topliss-reactive ketones (excluding diaryl/α,β-unsaturated/α-hetero) is 2. The van der Waals surface area contributed by atoms with Crippen LogP contribution < -0.4 is 0 Å². The fourth-order valence-electron chi connectivity index (χ4n) is 6.60. The van der Waals surface area contributed by atoms with Crippen LogP contribution in [0.4, 0.5) is 0 Å². The third-order valence-electron chi connectivity index (χ3n) is 9.18. The molecule has 4 atom stereocenters. The van der Waals surface area contributed by atoms with E-state index in [-0.39, 0.29) is 35.6 Å². The van der Waals surface area contributed by atoms with Gasteiger partial charge in [0, 0.05) is 12.8 Å².